The van der Waals surface area contributed by atoms with Crippen molar-refractivity contribution in [3.63, 3.8) is 0 Å². The quantitative estimate of drug-likeness (QED) is 0.563. The van der Waals surface area contributed by atoms with Gasteiger partial charge >= 0.3 is 0 Å². The highest BCUT2D eigenvalue weighted by Gasteiger charge is 2.34. The fourth-order valence-corrected chi connectivity index (χ4v) is 1.17. The molecule has 1 aliphatic rings. The number of hydrogen-bond donors (Lipinski definition) is 0. The van der Waals surface area contributed by atoms with Crippen LogP contribution in [0.15, 0.2) is 0 Å². The van der Waals surface area contributed by atoms with Crippen LogP contribution in [0.2, 0.25) is 0 Å². The lowest BCUT2D eigenvalue weighted by Crippen LogP contribution is -2.29. The molecule has 0 bridgehead atoms. The first kappa shape index (κ1) is 8.68. The van der Waals surface area contributed by atoms with Gasteiger partial charge in [0.15, 0.2) is 0 Å². The van der Waals surface area contributed by atoms with Gasteiger partial charge in [0.25, 0.3) is 0 Å². The molecule has 0 aliphatic carbocycles. The minimum absolute atomic E-state index is 0.337. The van der Waals surface area contributed by atoms with Crippen LogP contribution in [0.25, 0.3) is 0 Å². The monoisotopic (exact) mass is 158 g/mol. The van der Waals surface area contributed by atoms with Gasteiger partial charge in [0.2, 0.25) is 0 Å². The zero-order valence-electron chi connectivity index (χ0n) is 6.84. The average molecular weight is 158 g/mol. The molecule has 0 spiro atoms. The van der Waals surface area contributed by atoms with Crippen molar-refractivity contribution in [1.82, 2.24) is 0 Å². The normalized spacial score (nSPS) is 30.6. The highest BCUT2D eigenvalue weighted by Crippen LogP contribution is 2.26. The molecule has 1 atom stereocenters. The summed E-state index contributed by atoms with van der Waals surface area (Å²) in [5, 5.41) is 0. The fourth-order valence-electron chi connectivity index (χ4n) is 1.17. The minimum atomic E-state index is -0.337. The van der Waals surface area contributed by atoms with E-state index in [1.54, 1.807) is 0 Å². The van der Waals surface area contributed by atoms with E-state index in [9.17, 15) is 4.79 Å². The summed E-state index contributed by atoms with van der Waals surface area (Å²) in [4.78, 5) is 10.7. The molecule has 1 unspecified atom stereocenters. The summed E-state index contributed by atoms with van der Waals surface area (Å²) >= 11 is 0. The first-order chi connectivity index (χ1) is 5.33. The van der Waals surface area contributed by atoms with Crippen LogP contribution in [0.4, 0.5) is 0 Å². The molecular formula is C8H14O3. The van der Waals surface area contributed by atoms with Crippen molar-refractivity contribution in [3.8, 4) is 0 Å². The molecule has 1 fully saturated rings. The molecule has 11 heavy (non-hydrogen) atoms. The van der Waals surface area contributed by atoms with Gasteiger partial charge in [-0.1, -0.05) is 0 Å². The van der Waals surface area contributed by atoms with Crippen LogP contribution >= 0.6 is 0 Å². The lowest BCUT2D eigenvalue weighted by atomic mass is 9.91. The van der Waals surface area contributed by atoms with Gasteiger partial charge in [0.1, 0.15) is 6.29 Å². The smallest absolute Gasteiger partial charge is 0.130 e. The van der Waals surface area contributed by atoms with Crippen molar-refractivity contribution in [2.24, 2.45) is 5.41 Å². The van der Waals surface area contributed by atoms with E-state index in [1.807, 2.05) is 6.92 Å². The van der Waals surface area contributed by atoms with E-state index < -0.39 is 0 Å². The second kappa shape index (κ2) is 3.83. The van der Waals surface area contributed by atoms with E-state index in [0.29, 0.717) is 26.4 Å². The number of rotatable bonds is 4. The molecule has 1 saturated heterocycles. The van der Waals surface area contributed by atoms with Crippen LogP contribution in [0.5, 0.6) is 0 Å². The van der Waals surface area contributed by atoms with E-state index in [2.05, 4.69) is 0 Å². The molecular weight excluding hydrogens is 144 g/mol. The lowest BCUT2D eigenvalue weighted by Gasteiger charge is -2.18. The predicted molar refractivity (Wildman–Crippen MR) is 40.4 cm³/mol. The molecule has 1 heterocycles. The molecule has 3 nitrogen and oxygen atoms in total. The zero-order valence-corrected chi connectivity index (χ0v) is 6.84. The maximum atomic E-state index is 10.7. The van der Waals surface area contributed by atoms with Gasteiger partial charge in [-0.2, -0.15) is 0 Å². The van der Waals surface area contributed by atoms with Gasteiger partial charge in [-0.15, -0.1) is 0 Å². The van der Waals surface area contributed by atoms with Gasteiger partial charge in [-0.3, -0.25) is 0 Å². The van der Waals surface area contributed by atoms with Gasteiger partial charge in [0.05, 0.1) is 18.6 Å². The summed E-state index contributed by atoms with van der Waals surface area (Å²) in [6.45, 7) is 4.30. The Morgan fingerprint density at radius 3 is 3.00 bits per heavy atom. The lowest BCUT2D eigenvalue weighted by molar-refractivity contribution is -0.119. The van der Waals surface area contributed by atoms with Gasteiger partial charge in [-0.05, 0) is 13.3 Å². The number of aldehydes is 1. The van der Waals surface area contributed by atoms with Gasteiger partial charge in [0, 0.05) is 13.2 Å². The largest absolute Gasteiger partial charge is 0.381 e. The Bertz CT molecular complexity index is 127. The van der Waals surface area contributed by atoms with Crippen LogP contribution < -0.4 is 0 Å². The topological polar surface area (TPSA) is 35.5 Å². The molecule has 0 aromatic heterocycles. The first-order valence-electron chi connectivity index (χ1n) is 3.95. The number of carbonyl (C=O) groups excluding carboxylic acids is 1. The molecule has 1 rings (SSSR count). The molecule has 0 N–H and O–H groups in total. The van der Waals surface area contributed by atoms with Crippen LogP contribution in [0.1, 0.15) is 13.3 Å². The maximum absolute atomic E-state index is 10.7. The van der Waals surface area contributed by atoms with E-state index in [0.717, 1.165) is 12.7 Å². The minimum Gasteiger partial charge on any atom is -0.381 e. The highest BCUT2D eigenvalue weighted by atomic mass is 16.5. The summed E-state index contributed by atoms with van der Waals surface area (Å²) in [5.41, 5.74) is -0.337. The molecule has 0 radical (unpaired) electrons. The van der Waals surface area contributed by atoms with Crippen LogP contribution in [0.3, 0.4) is 0 Å². The maximum Gasteiger partial charge on any atom is 0.130 e. The Labute approximate surface area is 66.7 Å². The molecule has 0 saturated carbocycles. The molecule has 1 aliphatic heterocycles. The Morgan fingerprint density at radius 2 is 2.55 bits per heavy atom. The predicted octanol–water partition coefficient (Wildman–Crippen LogP) is 0.629. The molecule has 64 valence electrons. The average Bonchev–Trinajstić information content (AvgIpc) is 2.50. The van der Waals surface area contributed by atoms with Crippen molar-refractivity contribution < 1.29 is 14.3 Å². The Hall–Kier alpha value is -0.410. The Morgan fingerprint density at radius 1 is 1.73 bits per heavy atom. The van der Waals surface area contributed by atoms with Crippen LogP contribution in [-0.2, 0) is 14.3 Å². The van der Waals surface area contributed by atoms with E-state index in [1.165, 1.54) is 0 Å². The number of hydrogen-bond acceptors (Lipinski definition) is 3. The van der Waals surface area contributed by atoms with Crippen molar-refractivity contribution in [1.29, 1.82) is 0 Å². The summed E-state index contributed by atoms with van der Waals surface area (Å²) in [7, 11) is 0. The van der Waals surface area contributed by atoms with Crippen LogP contribution in [-0.4, -0.2) is 32.7 Å². The van der Waals surface area contributed by atoms with Crippen LogP contribution in [0, 0.1) is 5.41 Å². The number of ether oxygens (including phenoxy) is 2. The van der Waals surface area contributed by atoms with Gasteiger partial charge < -0.3 is 14.3 Å². The van der Waals surface area contributed by atoms with Crippen molar-refractivity contribution in [2.75, 3.05) is 26.4 Å². The van der Waals surface area contributed by atoms with E-state index in [4.69, 9.17) is 9.47 Å². The third-order valence-electron chi connectivity index (χ3n) is 1.98. The Kier molecular flexibility index (Phi) is 3.02. The van der Waals surface area contributed by atoms with Gasteiger partial charge in [-0.25, -0.2) is 0 Å². The Balaban J connectivity index is 2.39. The molecule has 0 amide bonds. The standard InChI is InChI=1S/C8H14O3/c1-2-10-6-8(5-9)3-4-11-7-8/h5H,2-4,6-7H2,1H3. The van der Waals surface area contributed by atoms with E-state index >= 15 is 0 Å². The third kappa shape index (κ3) is 2.01. The first-order valence-corrected chi connectivity index (χ1v) is 3.95. The van der Waals surface area contributed by atoms with Crippen molar-refractivity contribution in [3.05, 3.63) is 0 Å². The molecule has 0 aromatic rings. The summed E-state index contributed by atoms with van der Waals surface area (Å²) in [6.07, 6.45) is 1.77. The summed E-state index contributed by atoms with van der Waals surface area (Å²) < 4.78 is 10.3. The van der Waals surface area contributed by atoms with E-state index in [-0.39, 0.29) is 5.41 Å². The second-order valence-electron chi connectivity index (χ2n) is 2.92. The highest BCUT2D eigenvalue weighted by molar-refractivity contribution is 5.60. The molecule has 3 heteroatoms. The number of carbonyl (C=O) groups is 1. The SMILES string of the molecule is CCOCC1(C=O)CCOC1. The zero-order chi connectivity index (χ0) is 8.16. The summed E-state index contributed by atoms with van der Waals surface area (Å²) in [5.74, 6) is 0. The van der Waals surface area contributed by atoms with Crippen molar-refractivity contribution >= 4 is 6.29 Å². The third-order valence-corrected chi connectivity index (χ3v) is 1.98. The van der Waals surface area contributed by atoms with Crippen molar-refractivity contribution in [2.45, 2.75) is 13.3 Å². The second-order valence-corrected chi connectivity index (χ2v) is 2.92. The summed E-state index contributed by atoms with van der Waals surface area (Å²) in [6, 6.07) is 0. The fraction of sp³-hybridized carbons (Fsp3) is 0.875. The molecule has 0 aromatic carbocycles.